The minimum Gasteiger partial charge on any atom is -0.480 e. The van der Waals surface area contributed by atoms with E-state index in [9.17, 15) is 19.5 Å². The number of nitrogens with one attached hydrogen (secondary N) is 1. The molecule has 0 radical (unpaired) electrons. The van der Waals surface area contributed by atoms with Crippen LogP contribution in [0.3, 0.4) is 0 Å². The molecule has 330 valence electrons. The number of hydrogen-bond donors (Lipinski definition) is 3. The molecule has 0 heterocycles. The molecule has 7 nitrogen and oxygen atoms in total. The molecule has 4 N–H and O–H groups in total. The summed E-state index contributed by atoms with van der Waals surface area (Å²) in [5.41, 5.74) is 5.49. The van der Waals surface area contributed by atoms with Crippen molar-refractivity contribution in [3.8, 4) is 0 Å². The van der Waals surface area contributed by atoms with Crippen LogP contribution in [0.5, 0.6) is 0 Å². The minimum atomic E-state index is -1.01. The number of aliphatic carboxylic acids is 1. The first-order valence-corrected chi connectivity index (χ1v) is 23.4. The Morgan fingerprint density at radius 1 is 0.517 bits per heavy atom. The van der Waals surface area contributed by atoms with Crippen LogP contribution in [-0.2, 0) is 19.1 Å². The fourth-order valence-corrected chi connectivity index (χ4v) is 6.45. The second-order valence-corrected chi connectivity index (χ2v) is 15.4. The maximum Gasteiger partial charge on any atom is 0.326 e. The highest BCUT2D eigenvalue weighted by Gasteiger charge is 2.19. The molecule has 0 saturated heterocycles. The van der Waals surface area contributed by atoms with E-state index in [1.54, 1.807) is 0 Å². The summed E-state index contributed by atoms with van der Waals surface area (Å²) in [5, 5.41) is 11.9. The van der Waals surface area contributed by atoms with Crippen LogP contribution in [0.1, 0.15) is 200 Å². The van der Waals surface area contributed by atoms with Crippen molar-refractivity contribution in [3.05, 3.63) is 85.1 Å². The lowest BCUT2D eigenvalue weighted by molar-refractivity contribution is -0.150. The third-order valence-corrected chi connectivity index (χ3v) is 9.95. The van der Waals surface area contributed by atoms with Gasteiger partial charge in [-0.2, -0.15) is 0 Å². The van der Waals surface area contributed by atoms with Crippen molar-refractivity contribution in [2.45, 2.75) is 212 Å². The van der Waals surface area contributed by atoms with E-state index in [2.05, 4.69) is 104 Å². The Morgan fingerprint density at radius 3 is 1.52 bits per heavy atom. The lowest BCUT2D eigenvalue weighted by Crippen LogP contribution is -2.40. The Morgan fingerprint density at radius 2 is 0.983 bits per heavy atom. The number of carbonyl (C=O) groups excluding carboxylic acids is 2. The van der Waals surface area contributed by atoms with Gasteiger partial charge in [-0.25, -0.2) is 4.79 Å². The van der Waals surface area contributed by atoms with Gasteiger partial charge in [0.1, 0.15) is 12.1 Å². The van der Waals surface area contributed by atoms with E-state index in [1.165, 1.54) is 44.9 Å². The zero-order valence-corrected chi connectivity index (χ0v) is 37.1. The highest BCUT2D eigenvalue weighted by molar-refractivity contribution is 5.83. The van der Waals surface area contributed by atoms with Crippen molar-refractivity contribution in [1.29, 1.82) is 0 Å². The van der Waals surface area contributed by atoms with E-state index in [0.717, 1.165) is 116 Å². The SMILES string of the molecule is CC/C=C\C/C=C\C/C=C\C/C=C\CCC(CCCCCCCC(=O)NC(CCCN)C(=O)O)OC(=O)CCCCCCCC/C=C\C/C=C\C/C=C\CCCCC. The van der Waals surface area contributed by atoms with Crippen molar-refractivity contribution in [2.75, 3.05) is 6.54 Å². The van der Waals surface area contributed by atoms with Gasteiger partial charge in [-0.15, -0.1) is 0 Å². The number of hydrogen-bond acceptors (Lipinski definition) is 5. The third kappa shape index (κ3) is 40.7. The van der Waals surface area contributed by atoms with Crippen LogP contribution in [0.2, 0.25) is 0 Å². The molecule has 0 fully saturated rings. The van der Waals surface area contributed by atoms with Crippen molar-refractivity contribution >= 4 is 17.8 Å². The quantitative estimate of drug-likeness (QED) is 0.0322. The Kier molecular flexibility index (Phi) is 42.0. The van der Waals surface area contributed by atoms with Crippen molar-refractivity contribution in [3.63, 3.8) is 0 Å². The summed E-state index contributed by atoms with van der Waals surface area (Å²) in [7, 11) is 0. The summed E-state index contributed by atoms with van der Waals surface area (Å²) in [6, 6.07) is -0.870. The number of carboxylic acids is 1. The van der Waals surface area contributed by atoms with Gasteiger partial charge in [-0.1, -0.05) is 157 Å². The highest BCUT2D eigenvalue weighted by atomic mass is 16.5. The molecule has 0 saturated carbocycles. The normalized spacial score (nSPS) is 13.4. The second-order valence-electron chi connectivity index (χ2n) is 15.4. The van der Waals surface area contributed by atoms with Gasteiger partial charge in [-0.3, -0.25) is 9.59 Å². The number of esters is 1. The number of nitrogens with two attached hydrogens (primary N) is 1. The van der Waals surface area contributed by atoms with Crippen LogP contribution >= 0.6 is 0 Å². The number of allylic oxidation sites excluding steroid dienone is 14. The van der Waals surface area contributed by atoms with Gasteiger partial charge >= 0.3 is 11.9 Å². The maximum atomic E-state index is 12.8. The molecule has 58 heavy (non-hydrogen) atoms. The van der Waals surface area contributed by atoms with E-state index in [0.29, 0.717) is 32.2 Å². The van der Waals surface area contributed by atoms with Crippen LogP contribution in [0.25, 0.3) is 0 Å². The highest BCUT2D eigenvalue weighted by Crippen LogP contribution is 2.17. The maximum absolute atomic E-state index is 12.8. The Hall–Kier alpha value is -3.45. The first-order chi connectivity index (χ1) is 28.4. The van der Waals surface area contributed by atoms with Crippen LogP contribution in [0.15, 0.2) is 85.1 Å². The summed E-state index contributed by atoms with van der Waals surface area (Å²) in [6.45, 7) is 4.79. The van der Waals surface area contributed by atoms with Crippen molar-refractivity contribution in [1.82, 2.24) is 5.32 Å². The Labute approximate surface area is 355 Å². The summed E-state index contributed by atoms with van der Waals surface area (Å²) >= 11 is 0. The first kappa shape index (κ1) is 54.6. The molecule has 0 spiro atoms. The molecule has 7 heteroatoms. The van der Waals surface area contributed by atoms with Gasteiger partial charge < -0.3 is 20.9 Å². The van der Waals surface area contributed by atoms with E-state index in [1.807, 2.05) is 0 Å². The Bertz CT molecular complexity index is 1180. The topological polar surface area (TPSA) is 119 Å². The molecule has 0 aliphatic rings. The molecule has 0 aromatic rings. The number of carbonyl (C=O) groups is 3. The third-order valence-electron chi connectivity index (χ3n) is 9.95. The van der Waals surface area contributed by atoms with E-state index < -0.39 is 12.0 Å². The second kappa shape index (κ2) is 44.6. The molecule has 0 aromatic heterocycles. The molecule has 0 bridgehead atoms. The van der Waals surface area contributed by atoms with Crippen LogP contribution < -0.4 is 11.1 Å². The van der Waals surface area contributed by atoms with Gasteiger partial charge in [0.05, 0.1) is 0 Å². The van der Waals surface area contributed by atoms with Crippen molar-refractivity contribution < 1.29 is 24.2 Å². The molecule has 0 rings (SSSR count). The Balaban J connectivity index is 4.43. The largest absolute Gasteiger partial charge is 0.480 e. The van der Waals surface area contributed by atoms with E-state index in [-0.39, 0.29) is 18.0 Å². The number of ether oxygens (including phenoxy) is 1. The molecule has 2 unspecified atom stereocenters. The van der Waals surface area contributed by atoms with Crippen LogP contribution in [0.4, 0.5) is 0 Å². The fourth-order valence-electron chi connectivity index (χ4n) is 6.45. The number of rotatable bonds is 41. The fraction of sp³-hybridized carbons (Fsp3) is 0.667. The van der Waals surface area contributed by atoms with Gasteiger partial charge in [0.2, 0.25) is 5.91 Å². The molecule has 2 atom stereocenters. The number of carboxylic acid groups (broad SMARTS) is 1. The zero-order chi connectivity index (χ0) is 42.4. The predicted molar refractivity (Wildman–Crippen MR) is 248 cm³/mol. The first-order valence-electron chi connectivity index (χ1n) is 23.4. The van der Waals surface area contributed by atoms with Crippen LogP contribution in [-0.4, -0.2) is 41.6 Å². The predicted octanol–water partition coefficient (Wildman–Crippen LogP) is 13.7. The molecular formula is C51H86N2O5. The summed E-state index contributed by atoms with van der Waals surface area (Å²) in [6.07, 6.45) is 59.1. The lowest BCUT2D eigenvalue weighted by atomic mass is 10.0. The molecule has 1 amide bonds. The van der Waals surface area contributed by atoms with E-state index in [4.69, 9.17) is 10.5 Å². The van der Waals surface area contributed by atoms with Crippen LogP contribution in [0, 0.1) is 0 Å². The summed E-state index contributed by atoms with van der Waals surface area (Å²) in [5.74, 6) is -1.31. The smallest absolute Gasteiger partial charge is 0.326 e. The van der Waals surface area contributed by atoms with Gasteiger partial charge in [0.25, 0.3) is 0 Å². The van der Waals surface area contributed by atoms with Gasteiger partial charge in [0.15, 0.2) is 0 Å². The van der Waals surface area contributed by atoms with Gasteiger partial charge in [-0.05, 0) is 122 Å². The number of unbranched alkanes of at least 4 members (excludes halogenated alkanes) is 13. The molecule has 0 aromatic carbocycles. The zero-order valence-electron chi connectivity index (χ0n) is 37.1. The molecule has 0 aliphatic heterocycles. The molecular weight excluding hydrogens is 721 g/mol. The standard InChI is InChI=1S/C51H86N2O5/c1-3-5-7-9-11-13-15-17-18-19-20-21-22-24-26-28-30-35-39-45-50(55)58-47(41-36-32-29-27-25-23-16-14-12-10-8-6-4-2)42-37-33-31-34-38-44-49(54)53-48(51(56)57)43-40-46-52/h6,8,11-14,17-18,20-21,23,25,29,32,47-48H,3-5,7,9-10,15-16,19,22,24,26-28,30-31,33-46,52H2,1-2H3,(H,53,54)(H,56,57)/b8-6-,13-11-,14-12-,18-17-,21-20-,25-23-,32-29-. The molecule has 0 aliphatic carbocycles. The lowest BCUT2D eigenvalue weighted by Gasteiger charge is -2.17. The monoisotopic (exact) mass is 807 g/mol. The minimum absolute atomic E-state index is 0.0746. The summed E-state index contributed by atoms with van der Waals surface area (Å²) in [4.78, 5) is 36.5. The number of amides is 1. The summed E-state index contributed by atoms with van der Waals surface area (Å²) < 4.78 is 6.01. The average molecular weight is 807 g/mol. The van der Waals surface area contributed by atoms with Crippen molar-refractivity contribution in [2.24, 2.45) is 5.73 Å². The average Bonchev–Trinajstić information content (AvgIpc) is 3.21. The van der Waals surface area contributed by atoms with E-state index >= 15 is 0 Å². The van der Waals surface area contributed by atoms with Gasteiger partial charge in [0, 0.05) is 12.8 Å².